The first kappa shape index (κ1) is 15.7. The summed E-state index contributed by atoms with van der Waals surface area (Å²) in [5, 5.41) is 1.85. The van der Waals surface area contributed by atoms with E-state index >= 15 is 0 Å². The van der Waals surface area contributed by atoms with Gasteiger partial charge in [-0.3, -0.25) is 0 Å². The minimum Gasteiger partial charge on any atom is -0.497 e. The summed E-state index contributed by atoms with van der Waals surface area (Å²) >= 11 is 1.57. The zero-order valence-electron chi connectivity index (χ0n) is 13.6. The molecule has 2 heterocycles. The molecule has 25 heavy (non-hydrogen) atoms. The minimum absolute atomic E-state index is 0.372. The van der Waals surface area contributed by atoms with Crippen molar-refractivity contribution in [3.63, 3.8) is 0 Å². The van der Waals surface area contributed by atoms with Crippen molar-refractivity contribution in [3.05, 3.63) is 89.9 Å². The van der Waals surface area contributed by atoms with Crippen LogP contribution < -0.4 is 4.74 Å². The lowest BCUT2D eigenvalue weighted by atomic mass is 10.2. The lowest BCUT2D eigenvalue weighted by Gasteiger charge is -2.18. The summed E-state index contributed by atoms with van der Waals surface area (Å²) in [6.07, 6.45) is 1.28. The van der Waals surface area contributed by atoms with E-state index in [4.69, 9.17) is 19.1 Å². The summed E-state index contributed by atoms with van der Waals surface area (Å²) in [6.45, 7) is 0. The van der Waals surface area contributed by atoms with Crippen LogP contribution in [-0.2, 0) is 0 Å². The van der Waals surface area contributed by atoms with Gasteiger partial charge in [-0.25, -0.2) is 9.98 Å². The second kappa shape index (κ2) is 6.99. The lowest BCUT2D eigenvalue weighted by molar-refractivity contribution is 0.415. The standard InChI is InChI=1S/C20H16N2O2S/c1-23-16-11-9-15(10-12-16)20-22-18(17-8-5-13-24-17)21-19(25-20)14-6-3-2-4-7-14/h2-13,18H,1H3/t18-/m0/s1. The Kier molecular flexibility index (Phi) is 4.39. The molecule has 0 fully saturated rings. The molecule has 1 aromatic heterocycles. The fourth-order valence-corrected chi connectivity index (χ4v) is 3.54. The maximum atomic E-state index is 5.53. The maximum Gasteiger partial charge on any atom is 0.199 e. The van der Waals surface area contributed by atoms with Crippen molar-refractivity contribution in [2.45, 2.75) is 6.17 Å². The molecule has 0 bridgehead atoms. The van der Waals surface area contributed by atoms with Crippen LogP contribution in [0.25, 0.3) is 0 Å². The Morgan fingerprint density at radius 3 is 2.12 bits per heavy atom. The SMILES string of the molecule is COc1ccc(C2=N[C@@H](c3ccco3)N=C(c3ccccc3)S2)cc1. The summed E-state index contributed by atoms with van der Waals surface area (Å²) in [5.41, 5.74) is 2.11. The number of ether oxygens (including phenoxy) is 1. The van der Waals surface area contributed by atoms with Crippen molar-refractivity contribution in [2.75, 3.05) is 7.11 Å². The summed E-state index contributed by atoms with van der Waals surface area (Å²) in [4.78, 5) is 9.56. The van der Waals surface area contributed by atoms with Crippen LogP contribution in [0.3, 0.4) is 0 Å². The topological polar surface area (TPSA) is 47.1 Å². The summed E-state index contributed by atoms with van der Waals surface area (Å²) in [7, 11) is 1.66. The number of methoxy groups -OCH3 is 1. The van der Waals surface area contributed by atoms with Gasteiger partial charge in [0, 0.05) is 11.1 Å². The van der Waals surface area contributed by atoms with E-state index in [2.05, 4.69) is 12.1 Å². The number of thioether (sulfide) groups is 1. The first-order valence-electron chi connectivity index (χ1n) is 7.90. The van der Waals surface area contributed by atoms with Gasteiger partial charge in [-0.1, -0.05) is 30.3 Å². The number of hydrogen-bond acceptors (Lipinski definition) is 5. The molecule has 0 unspecified atom stereocenters. The lowest BCUT2D eigenvalue weighted by Crippen LogP contribution is -2.12. The Labute approximate surface area is 150 Å². The van der Waals surface area contributed by atoms with Crippen molar-refractivity contribution in [3.8, 4) is 5.75 Å². The van der Waals surface area contributed by atoms with Gasteiger partial charge in [0.25, 0.3) is 0 Å². The molecule has 0 N–H and O–H groups in total. The van der Waals surface area contributed by atoms with Crippen LogP contribution in [0.1, 0.15) is 23.1 Å². The monoisotopic (exact) mass is 348 g/mol. The molecule has 4 rings (SSSR count). The predicted molar refractivity (Wildman–Crippen MR) is 102 cm³/mol. The third kappa shape index (κ3) is 3.37. The van der Waals surface area contributed by atoms with Gasteiger partial charge >= 0.3 is 0 Å². The van der Waals surface area contributed by atoms with Crippen molar-refractivity contribution < 1.29 is 9.15 Å². The first-order chi connectivity index (χ1) is 12.3. The number of nitrogens with zero attached hydrogens (tertiary/aromatic N) is 2. The molecule has 2 aromatic carbocycles. The van der Waals surface area contributed by atoms with Crippen molar-refractivity contribution >= 4 is 21.8 Å². The zero-order valence-corrected chi connectivity index (χ0v) is 14.4. The average Bonchev–Trinajstić information content (AvgIpc) is 3.23. The Bertz CT molecular complexity index is 901. The maximum absolute atomic E-state index is 5.53. The van der Waals surface area contributed by atoms with Gasteiger partial charge in [-0.15, -0.1) is 0 Å². The Hall–Kier alpha value is -2.79. The molecule has 0 radical (unpaired) electrons. The van der Waals surface area contributed by atoms with Gasteiger partial charge in [0.1, 0.15) is 21.6 Å². The number of benzene rings is 2. The normalized spacial score (nSPS) is 16.9. The fraction of sp³-hybridized carbons (Fsp3) is 0.100. The zero-order chi connectivity index (χ0) is 17.1. The Morgan fingerprint density at radius 1 is 0.840 bits per heavy atom. The van der Waals surface area contributed by atoms with E-state index < -0.39 is 0 Å². The van der Waals surface area contributed by atoms with E-state index in [-0.39, 0.29) is 6.17 Å². The second-order valence-corrected chi connectivity index (χ2v) is 6.43. The molecule has 4 nitrogen and oxygen atoms in total. The number of rotatable bonds is 4. The van der Waals surface area contributed by atoms with Crippen molar-refractivity contribution in [1.29, 1.82) is 0 Å². The molecule has 5 heteroatoms. The van der Waals surface area contributed by atoms with Gasteiger partial charge in [-0.2, -0.15) is 0 Å². The summed E-state index contributed by atoms with van der Waals surface area (Å²) in [6, 6.07) is 21.8. The highest BCUT2D eigenvalue weighted by Gasteiger charge is 2.23. The van der Waals surface area contributed by atoms with Gasteiger partial charge in [0.2, 0.25) is 0 Å². The van der Waals surface area contributed by atoms with Crippen molar-refractivity contribution in [1.82, 2.24) is 0 Å². The molecule has 0 aliphatic carbocycles. The largest absolute Gasteiger partial charge is 0.497 e. The van der Waals surface area contributed by atoms with E-state index in [0.29, 0.717) is 0 Å². The molecule has 1 aliphatic heterocycles. The van der Waals surface area contributed by atoms with Crippen LogP contribution in [-0.4, -0.2) is 17.2 Å². The van der Waals surface area contributed by atoms with Crippen LogP contribution in [0.2, 0.25) is 0 Å². The fourth-order valence-electron chi connectivity index (χ4n) is 2.54. The van der Waals surface area contributed by atoms with Crippen LogP contribution in [0.15, 0.2) is 87.4 Å². The number of aliphatic imine (C=N–C) groups is 2. The highest BCUT2D eigenvalue weighted by molar-refractivity contribution is 8.27. The molecular formula is C20H16N2O2S. The number of furan rings is 1. The van der Waals surface area contributed by atoms with Gasteiger partial charge < -0.3 is 9.15 Å². The van der Waals surface area contributed by atoms with Crippen LogP contribution in [0.5, 0.6) is 5.75 Å². The molecule has 0 saturated heterocycles. The molecular weight excluding hydrogens is 332 g/mol. The van der Waals surface area contributed by atoms with E-state index in [1.807, 2.05) is 54.6 Å². The Morgan fingerprint density at radius 2 is 1.52 bits per heavy atom. The van der Waals surface area contributed by atoms with Gasteiger partial charge in [0.05, 0.1) is 13.4 Å². The molecule has 124 valence electrons. The molecule has 3 aromatic rings. The van der Waals surface area contributed by atoms with E-state index in [1.165, 1.54) is 0 Å². The molecule has 1 aliphatic rings. The molecule has 0 saturated carbocycles. The third-order valence-corrected chi connectivity index (χ3v) is 4.90. The first-order valence-corrected chi connectivity index (χ1v) is 8.72. The van der Waals surface area contributed by atoms with Crippen LogP contribution in [0, 0.1) is 0 Å². The van der Waals surface area contributed by atoms with Crippen LogP contribution in [0.4, 0.5) is 0 Å². The smallest absolute Gasteiger partial charge is 0.199 e. The number of hydrogen-bond donors (Lipinski definition) is 0. The highest BCUT2D eigenvalue weighted by atomic mass is 32.2. The molecule has 0 amide bonds. The predicted octanol–water partition coefficient (Wildman–Crippen LogP) is 4.93. The van der Waals surface area contributed by atoms with Crippen LogP contribution >= 0.6 is 11.8 Å². The average molecular weight is 348 g/mol. The second-order valence-electron chi connectivity index (χ2n) is 5.45. The third-order valence-electron chi connectivity index (χ3n) is 3.83. The quantitative estimate of drug-likeness (QED) is 0.672. The van der Waals surface area contributed by atoms with Gasteiger partial charge in [-0.05, 0) is 48.2 Å². The van der Waals surface area contributed by atoms with E-state index in [0.717, 1.165) is 32.7 Å². The molecule has 0 spiro atoms. The van der Waals surface area contributed by atoms with Crippen molar-refractivity contribution in [2.24, 2.45) is 9.98 Å². The molecule has 1 atom stereocenters. The van der Waals surface area contributed by atoms with E-state index in [1.54, 1.807) is 25.1 Å². The minimum atomic E-state index is -0.372. The summed E-state index contributed by atoms with van der Waals surface area (Å²) < 4.78 is 10.8. The van der Waals surface area contributed by atoms with E-state index in [9.17, 15) is 0 Å². The Balaban J connectivity index is 1.73. The van der Waals surface area contributed by atoms with Gasteiger partial charge in [0.15, 0.2) is 6.17 Å². The highest BCUT2D eigenvalue weighted by Crippen LogP contribution is 2.33. The summed E-state index contributed by atoms with van der Waals surface area (Å²) in [5.74, 6) is 1.56.